The molecule has 0 saturated carbocycles. The molecule has 2 rings (SSSR count). The Labute approximate surface area is 104 Å². The summed E-state index contributed by atoms with van der Waals surface area (Å²) >= 11 is 3.48. The Morgan fingerprint density at radius 2 is 2.38 bits per heavy atom. The molecule has 4 heteroatoms. The van der Waals surface area contributed by atoms with Gasteiger partial charge in [0.1, 0.15) is 0 Å². The summed E-state index contributed by atoms with van der Waals surface area (Å²) in [5, 5.41) is 0. The largest absolute Gasteiger partial charge is 0.381 e. The molecule has 0 amide bonds. The highest BCUT2D eigenvalue weighted by Gasteiger charge is 2.24. The molecule has 0 radical (unpaired) electrons. The second-order valence-electron chi connectivity index (χ2n) is 4.18. The highest BCUT2D eigenvalue weighted by molar-refractivity contribution is 9.10. The molecule has 2 unspecified atom stereocenters. The number of benzene rings is 1. The molecular weight excluding hydrogens is 268 g/mol. The van der Waals surface area contributed by atoms with E-state index in [4.69, 9.17) is 10.6 Å². The summed E-state index contributed by atoms with van der Waals surface area (Å²) in [7, 11) is 0. The van der Waals surface area contributed by atoms with Crippen molar-refractivity contribution in [1.29, 1.82) is 0 Å². The first-order valence-corrected chi connectivity index (χ1v) is 6.40. The minimum absolute atomic E-state index is 0.179. The molecule has 3 N–H and O–H groups in total. The van der Waals surface area contributed by atoms with E-state index >= 15 is 0 Å². The van der Waals surface area contributed by atoms with Gasteiger partial charge in [-0.15, -0.1) is 0 Å². The Hall–Kier alpha value is -0.420. The third kappa shape index (κ3) is 2.83. The van der Waals surface area contributed by atoms with Crippen molar-refractivity contribution < 1.29 is 4.74 Å². The van der Waals surface area contributed by atoms with E-state index in [-0.39, 0.29) is 6.04 Å². The Morgan fingerprint density at radius 1 is 1.50 bits per heavy atom. The summed E-state index contributed by atoms with van der Waals surface area (Å²) in [6, 6.07) is 8.45. The van der Waals surface area contributed by atoms with Gasteiger partial charge in [-0.25, -0.2) is 0 Å². The normalized spacial score (nSPS) is 23.0. The fourth-order valence-corrected chi connectivity index (χ4v) is 2.65. The van der Waals surface area contributed by atoms with Crippen LogP contribution in [0.3, 0.4) is 0 Å². The molecule has 1 aromatic rings. The molecule has 2 atom stereocenters. The van der Waals surface area contributed by atoms with Crippen molar-refractivity contribution >= 4 is 15.9 Å². The maximum Gasteiger partial charge on any atom is 0.0513 e. The summed E-state index contributed by atoms with van der Waals surface area (Å²) in [5.74, 6) is 6.13. The highest BCUT2D eigenvalue weighted by atomic mass is 79.9. The fourth-order valence-electron chi connectivity index (χ4n) is 2.23. The van der Waals surface area contributed by atoms with Gasteiger partial charge in [0.05, 0.1) is 12.6 Å². The van der Waals surface area contributed by atoms with E-state index in [0.29, 0.717) is 5.92 Å². The number of nitrogens with two attached hydrogens (primary N) is 1. The lowest BCUT2D eigenvalue weighted by Gasteiger charge is -2.30. The van der Waals surface area contributed by atoms with E-state index in [1.165, 1.54) is 12.0 Å². The molecule has 1 saturated heterocycles. The average Bonchev–Trinajstić information content (AvgIpc) is 2.31. The molecule has 0 spiro atoms. The number of hydrazine groups is 1. The molecule has 1 heterocycles. The van der Waals surface area contributed by atoms with Gasteiger partial charge < -0.3 is 4.74 Å². The molecule has 1 aromatic carbocycles. The first-order chi connectivity index (χ1) is 7.81. The predicted octanol–water partition coefficient (Wildman–Crippen LogP) is 2.38. The molecule has 1 aliphatic rings. The van der Waals surface area contributed by atoms with Crippen molar-refractivity contribution in [3.63, 3.8) is 0 Å². The fraction of sp³-hybridized carbons (Fsp3) is 0.500. The molecular formula is C12H17BrN2O. The summed E-state index contributed by atoms with van der Waals surface area (Å²) < 4.78 is 6.59. The zero-order valence-corrected chi connectivity index (χ0v) is 10.7. The summed E-state index contributed by atoms with van der Waals surface area (Å²) in [6.07, 6.45) is 2.29. The number of ether oxygens (including phenoxy) is 1. The van der Waals surface area contributed by atoms with Crippen LogP contribution in [-0.2, 0) is 4.74 Å². The molecule has 88 valence electrons. The first kappa shape index (κ1) is 12.0. The van der Waals surface area contributed by atoms with Crippen LogP contribution >= 0.6 is 15.9 Å². The van der Waals surface area contributed by atoms with E-state index in [2.05, 4.69) is 33.5 Å². The Bertz CT molecular complexity index is 340. The molecule has 16 heavy (non-hydrogen) atoms. The van der Waals surface area contributed by atoms with E-state index < -0.39 is 0 Å². The van der Waals surface area contributed by atoms with Crippen LogP contribution < -0.4 is 11.3 Å². The van der Waals surface area contributed by atoms with Crippen molar-refractivity contribution in [3.05, 3.63) is 34.3 Å². The lowest BCUT2D eigenvalue weighted by Crippen LogP contribution is -2.37. The van der Waals surface area contributed by atoms with Crippen LogP contribution in [0.2, 0.25) is 0 Å². The van der Waals surface area contributed by atoms with Crippen molar-refractivity contribution in [3.8, 4) is 0 Å². The Kier molecular flexibility index (Phi) is 4.35. The number of nitrogens with one attached hydrogen (secondary N) is 1. The van der Waals surface area contributed by atoms with Crippen LogP contribution in [0.5, 0.6) is 0 Å². The standard InChI is InChI=1S/C12H17BrN2O/c13-11-5-1-3-9(7-11)12(15-14)10-4-2-6-16-8-10/h1,3,5,7,10,12,15H,2,4,6,8,14H2. The second-order valence-corrected chi connectivity index (χ2v) is 5.09. The van der Waals surface area contributed by atoms with Gasteiger partial charge in [0.25, 0.3) is 0 Å². The lowest BCUT2D eigenvalue weighted by atomic mass is 9.89. The van der Waals surface area contributed by atoms with Crippen molar-refractivity contribution in [2.24, 2.45) is 11.8 Å². The molecule has 0 aromatic heterocycles. The molecule has 0 aliphatic carbocycles. The van der Waals surface area contributed by atoms with Gasteiger partial charge in [-0.3, -0.25) is 11.3 Å². The third-order valence-electron chi connectivity index (χ3n) is 3.05. The predicted molar refractivity (Wildman–Crippen MR) is 67.7 cm³/mol. The van der Waals surface area contributed by atoms with E-state index in [9.17, 15) is 0 Å². The van der Waals surface area contributed by atoms with Gasteiger partial charge in [-0.05, 0) is 30.5 Å². The summed E-state index contributed by atoms with van der Waals surface area (Å²) in [5.41, 5.74) is 4.13. The highest BCUT2D eigenvalue weighted by Crippen LogP contribution is 2.29. The second kappa shape index (κ2) is 5.77. The molecule has 1 fully saturated rings. The van der Waals surface area contributed by atoms with Crippen LogP contribution in [0, 0.1) is 5.92 Å². The van der Waals surface area contributed by atoms with Crippen LogP contribution in [0.1, 0.15) is 24.4 Å². The number of rotatable bonds is 3. The SMILES string of the molecule is NNC(c1cccc(Br)c1)C1CCCOC1. The van der Waals surface area contributed by atoms with Crippen LogP contribution in [0.25, 0.3) is 0 Å². The maximum atomic E-state index is 5.66. The van der Waals surface area contributed by atoms with Crippen LogP contribution in [-0.4, -0.2) is 13.2 Å². The topological polar surface area (TPSA) is 47.3 Å². The van der Waals surface area contributed by atoms with Crippen LogP contribution in [0.4, 0.5) is 0 Å². The smallest absolute Gasteiger partial charge is 0.0513 e. The average molecular weight is 285 g/mol. The van der Waals surface area contributed by atoms with Gasteiger partial charge >= 0.3 is 0 Å². The molecule has 0 bridgehead atoms. The zero-order chi connectivity index (χ0) is 11.4. The third-order valence-corrected chi connectivity index (χ3v) is 3.55. The quantitative estimate of drug-likeness (QED) is 0.662. The summed E-state index contributed by atoms with van der Waals surface area (Å²) in [6.45, 7) is 1.67. The minimum atomic E-state index is 0.179. The van der Waals surface area contributed by atoms with Crippen molar-refractivity contribution in [2.45, 2.75) is 18.9 Å². The zero-order valence-electron chi connectivity index (χ0n) is 9.16. The minimum Gasteiger partial charge on any atom is -0.381 e. The Morgan fingerprint density at radius 3 is 3.00 bits per heavy atom. The van der Waals surface area contributed by atoms with E-state index in [1.54, 1.807) is 0 Å². The Balaban J connectivity index is 2.14. The first-order valence-electron chi connectivity index (χ1n) is 5.60. The monoisotopic (exact) mass is 284 g/mol. The van der Waals surface area contributed by atoms with Crippen molar-refractivity contribution in [2.75, 3.05) is 13.2 Å². The van der Waals surface area contributed by atoms with Crippen molar-refractivity contribution in [1.82, 2.24) is 5.43 Å². The number of hydrogen-bond donors (Lipinski definition) is 2. The van der Waals surface area contributed by atoms with Gasteiger partial charge in [0, 0.05) is 17.0 Å². The lowest BCUT2D eigenvalue weighted by molar-refractivity contribution is 0.0390. The van der Waals surface area contributed by atoms with Gasteiger partial charge in [-0.2, -0.15) is 0 Å². The van der Waals surface area contributed by atoms with E-state index in [1.807, 2.05) is 12.1 Å². The van der Waals surface area contributed by atoms with E-state index in [0.717, 1.165) is 24.1 Å². The van der Waals surface area contributed by atoms with Gasteiger partial charge in [0.15, 0.2) is 0 Å². The van der Waals surface area contributed by atoms with Gasteiger partial charge in [-0.1, -0.05) is 28.1 Å². The van der Waals surface area contributed by atoms with Gasteiger partial charge in [0.2, 0.25) is 0 Å². The summed E-state index contributed by atoms with van der Waals surface area (Å²) in [4.78, 5) is 0. The maximum absolute atomic E-state index is 5.66. The molecule has 3 nitrogen and oxygen atoms in total. The number of halogens is 1. The number of hydrogen-bond acceptors (Lipinski definition) is 3. The van der Waals surface area contributed by atoms with Crippen LogP contribution in [0.15, 0.2) is 28.7 Å². The molecule has 1 aliphatic heterocycles.